The predicted molar refractivity (Wildman–Crippen MR) is 86.6 cm³/mol. The molecule has 27 heavy (non-hydrogen) atoms. The van der Waals surface area contributed by atoms with Crippen molar-refractivity contribution in [2.24, 2.45) is 0 Å². The lowest BCUT2D eigenvalue weighted by atomic mass is 10.5. The molecular formula is C13H16FN5O7S. The lowest BCUT2D eigenvalue weighted by Gasteiger charge is -2.09. The molecule has 2 heterocycles. The standard InChI is InChI=1S/C13H16FN5O7S/c1-23-12-16-10(17-13(18-12)24-2)15-11(20)19-27(21,22)9-3-5-26-8(9)7-25-6-4-14/h3,5H,4,6-7H2,1-2H3,(H2,15,16,17,18,19,20). The molecule has 0 aromatic carbocycles. The molecule has 12 nitrogen and oxygen atoms in total. The molecule has 148 valence electrons. The highest BCUT2D eigenvalue weighted by Crippen LogP contribution is 2.18. The molecule has 2 aromatic heterocycles. The van der Waals surface area contributed by atoms with E-state index in [1.165, 1.54) is 14.2 Å². The fourth-order valence-electron chi connectivity index (χ4n) is 1.77. The summed E-state index contributed by atoms with van der Waals surface area (Å²) in [5.74, 6) is -0.391. The molecule has 14 heteroatoms. The molecule has 0 aliphatic carbocycles. The Morgan fingerprint density at radius 3 is 2.48 bits per heavy atom. The first-order valence-electron chi connectivity index (χ1n) is 7.27. The van der Waals surface area contributed by atoms with Gasteiger partial charge in [-0.25, -0.2) is 22.3 Å². The number of alkyl halides is 1. The third-order valence-corrected chi connectivity index (χ3v) is 4.26. The summed E-state index contributed by atoms with van der Waals surface area (Å²) in [6, 6.07) is -0.329. The van der Waals surface area contributed by atoms with Gasteiger partial charge < -0.3 is 18.6 Å². The number of nitrogens with zero attached hydrogens (tertiary/aromatic N) is 3. The monoisotopic (exact) mass is 405 g/mol. The van der Waals surface area contributed by atoms with Gasteiger partial charge in [-0.2, -0.15) is 9.97 Å². The number of sulfonamides is 1. The van der Waals surface area contributed by atoms with Gasteiger partial charge in [0.25, 0.3) is 10.0 Å². The second-order valence-electron chi connectivity index (χ2n) is 4.64. The molecule has 0 saturated carbocycles. The summed E-state index contributed by atoms with van der Waals surface area (Å²) in [7, 11) is -1.73. The number of carbonyl (C=O) groups is 1. The molecule has 2 rings (SSSR count). The van der Waals surface area contributed by atoms with E-state index in [4.69, 9.17) is 18.6 Å². The first-order chi connectivity index (χ1) is 12.9. The summed E-state index contributed by atoms with van der Waals surface area (Å²) in [5, 5.41) is 2.12. The quantitative estimate of drug-likeness (QED) is 0.563. The van der Waals surface area contributed by atoms with E-state index in [0.717, 1.165) is 12.3 Å². The minimum atomic E-state index is -4.30. The number of carbonyl (C=O) groups excluding carboxylic acids is 1. The molecule has 0 saturated heterocycles. The van der Waals surface area contributed by atoms with Crippen LogP contribution in [0.25, 0.3) is 0 Å². The van der Waals surface area contributed by atoms with E-state index >= 15 is 0 Å². The number of hydrogen-bond acceptors (Lipinski definition) is 10. The van der Waals surface area contributed by atoms with Crippen LogP contribution in [0.15, 0.2) is 21.6 Å². The molecule has 0 spiro atoms. The molecule has 2 amide bonds. The SMILES string of the molecule is COc1nc(NC(=O)NS(=O)(=O)c2ccoc2COCCF)nc(OC)n1. The smallest absolute Gasteiger partial charge is 0.335 e. The second-order valence-corrected chi connectivity index (χ2v) is 6.29. The fourth-order valence-corrected chi connectivity index (χ4v) is 2.82. The average Bonchev–Trinajstić information content (AvgIpc) is 3.10. The van der Waals surface area contributed by atoms with Crippen LogP contribution in [-0.2, 0) is 21.4 Å². The van der Waals surface area contributed by atoms with Gasteiger partial charge >= 0.3 is 18.1 Å². The van der Waals surface area contributed by atoms with E-state index in [9.17, 15) is 17.6 Å². The van der Waals surface area contributed by atoms with E-state index in [1.54, 1.807) is 4.72 Å². The predicted octanol–water partition coefficient (Wildman–Crippen LogP) is 0.478. The van der Waals surface area contributed by atoms with E-state index in [-0.39, 0.29) is 41.8 Å². The van der Waals surface area contributed by atoms with Gasteiger partial charge in [-0.3, -0.25) is 5.32 Å². The third kappa shape index (κ3) is 5.49. The fraction of sp³-hybridized carbons (Fsp3) is 0.385. The Balaban J connectivity index is 2.10. The summed E-state index contributed by atoms with van der Waals surface area (Å²) < 4.78 is 58.0. The number of hydrogen-bond donors (Lipinski definition) is 2. The number of amides is 2. The number of urea groups is 1. The molecule has 0 unspecified atom stereocenters. The Kier molecular flexibility index (Phi) is 6.84. The van der Waals surface area contributed by atoms with Crippen molar-refractivity contribution in [1.82, 2.24) is 19.7 Å². The highest BCUT2D eigenvalue weighted by Gasteiger charge is 2.24. The Morgan fingerprint density at radius 1 is 1.22 bits per heavy atom. The number of nitrogens with one attached hydrogen (secondary N) is 2. The molecular weight excluding hydrogens is 389 g/mol. The highest BCUT2D eigenvalue weighted by atomic mass is 32.2. The minimum Gasteiger partial charge on any atom is -0.467 e. The van der Waals surface area contributed by atoms with Gasteiger partial charge in [-0.05, 0) is 6.07 Å². The van der Waals surface area contributed by atoms with Crippen LogP contribution in [0.2, 0.25) is 0 Å². The zero-order valence-electron chi connectivity index (χ0n) is 14.3. The van der Waals surface area contributed by atoms with Crippen molar-refractivity contribution < 1.29 is 36.2 Å². The van der Waals surface area contributed by atoms with Crippen LogP contribution < -0.4 is 19.5 Å². The van der Waals surface area contributed by atoms with Crippen LogP contribution in [0.3, 0.4) is 0 Å². The van der Waals surface area contributed by atoms with E-state index in [2.05, 4.69) is 20.3 Å². The van der Waals surface area contributed by atoms with Crippen molar-refractivity contribution in [2.75, 3.05) is 32.8 Å². The van der Waals surface area contributed by atoms with Gasteiger partial charge in [0.05, 0.1) is 27.1 Å². The normalized spacial score (nSPS) is 11.1. The minimum absolute atomic E-state index is 0.0905. The van der Waals surface area contributed by atoms with Crippen molar-refractivity contribution in [3.63, 3.8) is 0 Å². The van der Waals surface area contributed by atoms with Crippen molar-refractivity contribution in [3.05, 3.63) is 18.1 Å². The Labute approximate surface area is 153 Å². The number of ether oxygens (including phenoxy) is 3. The second kappa shape index (κ2) is 9.09. The number of furan rings is 1. The summed E-state index contributed by atoms with van der Waals surface area (Å²) >= 11 is 0. The number of anilines is 1. The number of methoxy groups -OCH3 is 2. The largest absolute Gasteiger partial charge is 0.467 e. The number of halogens is 1. The van der Waals surface area contributed by atoms with Gasteiger partial charge in [0.15, 0.2) is 0 Å². The summed E-state index contributed by atoms with van der Waals surface area (Å²) in [5.41, 5.74) is 0. The Hall–Kier alpha value is -3.00. The Morgan fingerprint density at radius 2 is 1.89 bits per heavy atom. The summed E-state index contributed by atoms with van der Waals surface area (Å²) in [6.07, 6.45) is 1.10. The van der Waals surface area contributed by atoms with Crippen molar-refractivity contribution in [2.45, 2.75) is 11.5 Å². The molecule has 0 fully saturated rings. The van der Waals surface area contributed by atoms with Crippen molar-refractivity contribution in [1.29, 1.82) is 0 Å². The molecule has 2 N–H and O–H groups in total. The van der Waals surface area contributed by atoms with Crippen LogP contribution >= 0.6 is 0 Å². The van der Waals surface area contributed by atoms with E-state index < -0.39 is 22.7 Å². The maximum absolute atomic E-state index is 12.3. The van der Waals surface area contributed by atoms with Gasteiger partial charge in [0, 0.05) is 0 Å². The lowest BCUT2D eigenvalue weighted by molar-refractivity contribution is 0.0915. The molecule has 0 radical (unpaired) electrons. The molecule has 0 bridgehead atoms. The first kappa shape index (κ1) is 20.3. The van der Waals surface area contributed by atoms with E-state index in [0.29, 0.717) is 0 Å². The van der Waals surface area contributed by atoms with Crippen LogP contribution in [0.4, 0.5) is 15.1 Å². The van der Waals surface area contributed by atoms with Crippen molar-refractivity contribution >= 4 is 22.0 Å². The average molecular weight is 405 g/mol. The summed E-state index contributed by atoms with van der Waals surface area (Å²) in [4.78, 5) is 22.9. The zero-order valence-corrected chi connectivity index (χ0v) is 15.1. The third-order valence-electron chi connectivity index (χ3n) is 2.86. The maximum Gasteiger partial charge on any atom is 0.335 e. The molecule has 0 aliphatic rings. The number of rotatable bonds is 9. The van der Waals surface area contributed by atoms with Crippen LogP contribution in [-0.4, -0.2) is 56.9 Å². The lowest BCUT2D eigenvalue weighted by Crippen LogP contribution is -2.35. The highest BCUT2D eigenvalue weighted by molar-refractivity contribution is 7.90. The summed E-state index contributed by atoms with van der Waals surface area (Å²) in [6.45, 7) is -1.24. The maximum atomic E-state index is 12.3. The number of aromatic nitrogens is 3. The van der Waals surface area contributed by atoms with Crippen molar-refractivity contribution in [3.8, 4) is 12.0 Å². The van der Waals surface area contributed by atoms with Gasteiger partial charge in [-0.1, -0.05) is 0 Å². The van der Waals surface area contributed by atoms with Crippen LogP contribution in [0, 0.1) is 0 Å². The van der Waals surface area contributed by atoms with Gasteiger partial charge in [-0.15, -0.1) is 4.98 Å². The topological polar surface area (TPSA) is 155 Å². The van der Waals surface area contributed by atoms with Crippen LogP contribution in [0.5, 0.6) is 12.0 Å². The first-order valence-corrected chi connectivity index (χ1v) is 8.76. The van der Waals surface area contributed by atoms with E-state index in [1.807, 2.05) is 0 Å². The molecule has 0 atom stereocenters. The molecule has 0 aliphatic heterocycles. The van der Waals surface area contributed by atoms with Gasteiger partial charge in [0.2, 0.25) is 5.95 Å². The van der Waals surface area contributed by atoms with Crippen LogP contribution in [0.1, 0.15) is 5.76 Å². The Bertz CT molecular complexity index is 867. The molecule has 2 aromatic rings. The zero-order chi connectivity index (χ0) is 19.9. The van der Waals surface area contributed by atoms with Gasteiger partial charge in [0.1, 0.15) is 23.9 Å².